The second-order valence-electron chi connectivity index (χ2n) is 9.62. The smallest absolute Gasteiger partial charge is 0.252 e. The summed E-state index contributed by atoms with van der Waals surface area (Å²) in [6.45, 7) is 4.99. The molecule has 4 heterocycles. The SMILES string of the molecule is CC(O)Cn1cc(-c2cn3ncc(C(N)=O)c(N[C@@H]4CN(C(=O)C5(C#N)CC5)C[C@@H]4C)c3n2)cn1. The monoisotopic (exact) mass is 477 g/mol. The number of hydrogen-bond donors (Lipinski definition) is 3. The first-order valence-electron chi connectivity index (χ1n) is 11.6. The van der Waals surface area contributed by atoms with Crippen molar-refractivity contribution in [1.29, 1.82) is 5.26 Å². The number of nitrogens with two attached hydrogens (primary N) is 1. The van der Waals surface area contributed by atoms with Crippen molar-refractivity contribution in [2.24, 2.45) is 17.1 Å². The Morgan fingerprint density at radius 3 is 2.74 bits per heavy atom. The van der Waals surface area contributed by atoms with E-state index in [1.807, 2.05) is 6.92 Å². The number of fused-ring (bicyclic) bond motifs is 1. The Labute approximate surface area is 201 Å². The summed E-state index contributed by atoms with van der Waals surface area (Å²) in [6.07, 6.45) is 7.23. The zero-order valence-electron chi connectivity index (χ0n) is 19.5. The van der Waals surface area contributed by atoms with Gasteiger partial charge >= 0.3 is 0 Å². The molecule has 3 atom stereocenters. The van der Waals surface area contributed by atoms with Gasteiger partial charge in [-0.3, -0.25) is 14.3 Å². The maximum atomic E-state index is 12.9. The van der Waals surface area contributed by atoms with Crippen LogP contribution in [0.15, 0.2) is 24.8 Å². The molecule has 0 spiro atoms. The lowest BCUT2D eigenvalue weighted by Crippen LogP contribution is -2.36. The number of rotatable bonds is 7. The number of imidazole rings is 1. The second kappa shape index (κ2) is 8.35. The Bertz CT molecular complexity index is 1350. The Balaban J connectivity index is 1.45. The number of anilines is 1. The molecule has 2 fully saturated rings. The highest BCUT2D eigenvalue weighted by molar-refractivity contribution is 6.01. The zero-order valence-corrected chi connectivity index (χ0v) is 19.5. The van der Waals surface area contributed by atoms with Crippen LogP contribution in [-0.4, -0.2) is 71.4 Å². The molecule has 1 saturated heterocycles. The van der Waals surface area contributed by atoms with Crippen LogP contribution >= 0.6 is 0 Å². The van der Waals surface area contributed by atoms with Crippen LogP contribution in [0.25, 0.3) is 16.9 Å². The normalized spacial score (nSPS) is 21.6. The number of nitrogens with zero attached hydrogens (tertiary/aromatic N) is 7. The molecular weight excluding hydrogens is 450 g/mol. The van der Waals surface area contributed by atoms with E-state index in [9.17, 15) is 20.0 Å². The van der Waals surface area contributed by atoms with Crippen LogP contribution in [0.4, 0.5) is 5.69 Å². The maximum Gasteiger partial charge on any atom is 0.252 e. The summed E-state index contributed by atoms with van der Waals surface area (Å²) < 4.78 is 3.19. The molecule has 182 valence electrons. The lowest BCUT2D eigenvalue weighted by molar-refractivity contribution is -0.134. The van der Waals surface area contributed by atoms with Crippen molar-refractivity contribution in [3.8, 4) is 17.3 Å². The quantitative estimate of drug-likeness (QED) is 0.445. The molecule has 1 aliphatic carbocycles. The minimum Gasteiger partial charge on any atom is -0.391 e. The molecule has 1 aliphatic heterocycles. The lowest BCUT2D eigenvalue weighted by Gasteiger charge is -2.21. The molecule has 2 amide bonds. The number of primary amides is 1. The number of aliphatic hydroxyl groups excluding tert-OH is 1. The predicted molar refractivity (Wildman–Crippen MR) is 125 cm³/mol. The third-order valence-electron chi connectivity index (χ3n) is 6.74. The van der Waals surface area contributed by atoms with Gasteiger partial charge in [0.05, 0.1) is 54.3 Å². The minimum atomic E-state index is -0.868. The predicted octanol–water partition coefficient (Wildman–Crippen LogP) is 0.635. The molecule has 4 N–H and O–H groups in total. The fraction of sp³-hybridized carbons (Fsp3) is 0.478. The number of aliphatic hydroxyl groups is 1. The number of nitrogens with one attached hydrogen (secondary N) is 1. The van der Waals surface area contributed by atoms with Crippen LogP contribution < -0.4 is 11.1 Å². The van der Waals surface area contributed by atoms with Crippen molar-refractivity contribution in [2.45, 2.75) is 45.4 Å². The molecule has 1 unspecified atom stereocenters. The number of nitriles is 1. The topological polar surface area (TPSA) is 167 Å². The van der Waals surface area contributed by atoms with Gasteiger partial charge in [-0.1, -0.05) is 6.92 Å². The van der Waals surface area contributed by atoms with E-state index in [2.05, 4.69) is 21.6 Å². The first-order valence-corrected chi connectivity index (χ1v) is 11.6. The number of aromatic nitrogens is 5. The van der Waals surface area contributed by atoms with E-state index in [-0.39, 0.29) is 23.4 Å². The van der Waals surface area contributed by atoms with E-state index in [4.69, 9.17) is 10.7 Å². The Kier molecular flexibility index (Phi) is 5.44. The average Bonchev–Trinajstić information content (AvgIpc) is 3.10. The number of carbonyl (C=O) groups excluding carboxylic acids is 2. The van der Waals surface area contributed by atoms with Gasteiger partial charge in [-0.25, -0.2) is 9.50 Å². The van der Waals surface area contributed by atoms with Gasteiger partial charge in [0, 0.05) is 30.9 Å². The Hall–Kier alpha value is -3.98. The van der Waals surface area contributed by atoms with E-state index in [0.717, 1.165) is 5.56 Å². The largest absolute Gasteiger partial charge is 0.391 e. The van der Waals surface area contributed by atoms with E-state index in [1.54, 1.807) is 39.6 Å². The van der Waals surface area contributed by atoms with Gasteiger partial charge in [0.2, 0.25) is 5.91 Å². The van der Waals surface area contributed by atoms with Crippen molar-refractivity contribution in [3.05, 3.63) is 30.4 Å². The third-order valence-corrected chi connectivity index (χ3v) is 6.74. The average molecular weight is 478 g/mol. The van der Waals surface area contributed by atoms with E-state index >= 15 is 0 Å². The molecule has 12 heteroatoms. The summed E-state index contributed by atoms with van der Waals surface area (Å²) in [5, 5.41) is 31.0. The molecule has 3 aromatic heterocycles. The van der Waals surface area contributed by atoms with E-state index < -0.39 is 17.4 Å². The summed E-state index contributed by atoms with van der Waals surface area (Å²) in [5.74, 6) is -0.684. The van der Waals surface area contributed by atoms with Crippen molar-refractivity contribution >= 4 is 23.1 Å². The van der Waals surface area contributed by atoms with Crippen LogP contribution in [0.1, 0.15) is 37.0 Å². The summed E-state index contributed by atoms with van der Waals surface area (Å²) in [4.78, 5) is 31.5. The van der Waals surface area contributed by atoms with Crippen molar-refractivity contribution in [2.75, 3.05) is 18.4 Å². The van der Waals surface area contributed by atoms with Gasteiger partial charge in [0.1, 0.15) is 5.41 Å². The van der Waals surface area contributed by atoms with Gasteiger partial charge in [0.15, 0.2) is 5.65 Å². The number of likely N-dealkylation sites (tertiary alicyclic amines) is 1. The fourth-order valence-corrected chi connectivity index (χ4v) is 4.58. The van der Waals surface area contributed by atoms with Crippen molar-refractivity contribution < 1.29 is 14.7 Å². The highest BCUT2D eigenvalue weighted by Gasteiger charge is 2.54. The van der Waals surface area contributed by atoms with Crippen LogP contribution in [0.5, 0.6) is 0 Å². The molecule has 5 rings (SSSR count). The van der Waals surface area contributed by atoms with E-state index in [0.29, 0.717) is 49.5 Å². The summed E-state index contributed by atoms with van der Waals surface area (Å²) in [6, 6.07) is 2.01. The maximum absolute atomic E-state index is 12.9. The number of amides is 2. The van der Waals surface area contributed by atoms with Gasteiger partial charge in [-0.15, -0.1) is 0 Å². The van der Waals surface area contributed by atoms with Gasteiger partial charge in [0.25, 0.3) is 5.91 Å². The summed E-state index contributed by atoms with van der Waals surface area (Å²) in [5.41, 5.74) is 7.18. The molecule has 3 aromatic rings. The number of carbonyl (C=O) groups is 2. The van der Waals surface area contributed by atoms with Crippen molar-refractivity contribution in [3.63, 3.8) is 0 Å². The minimum absolute atomic E-state index is 0.0792. The van der Waals surface area contributed by atoms with Gasteiger partial charge in [-0.2, -0.15) is 15.5 Å². The highest BCUT2D eigenvalue weighted by atomic mass is 16.3. The van der Waals surface area contributed by atoms with E-state index in [1.165, 1.54) is 6.20 Å². The standard InChI is InChI=1S/C23H27N9O3/c1-13-7-30(22(35)23(12-24)3-4-23)10-17(13)28-19-16(20(25)34)6-27-32-11-18(29-21(19)32)15-5-26-31(9-15)8-14(2)33/h5-6,9,11,13-14,17,28,33H,3-4,7-8,10H2,1-2H3,(H2,25,34)/t13-,14?,17+/m0/s1. The van der Waals surface area contributed by atoms with Gasteiger partial charge in [-0.05, 0) is 25.7 Å². The first-order chi connectivity index (χ1) is 16.7. The first kappa shape index (κ1) is 22.8. The molecule has 0 radical (unpaired) electrons. The van der Waals surface area contributed by atoms with Gasteiger partial charge < -0.3 is 21.1 Å². The Morgan fingerprint density at radius 2 is 2.09 bits per heavy atom. The Morgan fingerprint density at radius 1 is 1.31 bits per heavy atom. The van der Waals surface area contributed by atoms with Crippen molar-refractivity contribution in [1.82, 2.24) is 29.3 Å². The van der Waals surface area contributed by atoms with Crippen LogP contribution in [-0.2, 0) is 11.3 Å². The third kappa shape index (κ3) is 4.08. The molecule has 1 saturated carbocycles. The molecule has 0 bridgehead atoms. The molecule has 2 aliphatic rings. The fourth-order valence-electron chi connectivity index (χ4n) is 4.58. The molecular formula is C23H27N9O3. The van der Waals surface area contributed by atoms with Crippen LogP contribution in [0.2, 0.25) is 0 Å². The highest BCUT2D eigenvalue weighted by Crippen LogP contribution is 2.47. The van der Waals surface area contributed by atoms with Crippen LogP contribution in [0, 0.1) is 22.7 Å². The number of hydrogen-bond acceptors (Lipinski definition) is 8. The molecule has 0 aromatic carbocycles. The second-order valence-corrected chi connectivity index (χ2v) is 9.62. The lowest BCUT2D eigenvalue weighted by atomic mass is 10.1. The van der Waals surface area contributed by atoms with Crippen LogP contribution in [0.3, 0.4) is 0 Å². The zero-order chi connectivity index (χ0) is 24.9. The molecule has 35 heavy (non-hydrogen) atoms. The molecule has 12 nitrogen and oxygen atoms in total. The summed E-state index contributed by atoms with van der Waals surface area (Å²) >= 11 is 0. The summed E-state index contributed by atoms with van der Waals surface area (Å²) in [7, 11) is 0.